The zero-order chi connectivity index (χ0) is 11.4. The summed E-state index contributed by atoms with van der Waals surface area (Å²) in [6.45, 7) is 8.53. The molecule has 2 heteroatoms. The molecule has 1 aromatic heterocycles. The van der Waals surface area contributed by atoms with Crippen molar-refractivity contribution in [3.8, 4) is 0 Å². The molecule has 0 radical (unpaired) electrons. The van der Waals surface area contributed by atoms with Crippen molar-refractivity contribution in [2.24, 2.45) is 13.0 Å². The highest BCUT2D eigenvalue weighted by Crippen LogP contribution is 2.09. The molecule has 1 rings (SSSR count). The standard InChI is InChI=1S/C13H20N2/c1-6-11(10(3)4)8-13-12(7-2)9-14-15(13)5/h6-10H,1-5H3/b11-6+,12-7-,13-8+. The number of aromatic nitrogens is 2. The molecule has 82 valence electrons. The number of allylic oxidation sites excluding steroid dienone is 2. The second-order valence-electron chi connectivity index (χ2n) is 3.99. The third kappa shape index (κ3) is 2.58. The SMILES string of the molecule is C\C=C(/C=c1\c(=C/C)cnn1C)C(C)C. The molecule has 0 atom stereocenters. The van der Waals surface area contributed by atoms with Gasteiger partial charge in [-0.3, -0.25) is 4.68 Å². The summed E-state index contributed by atoms with van der Waals surface area (Å²) in [6.07, 6.45) is 8.37. The lowest BCUT2D eigenvalue weighted by molar-refractivity contribution is 0.738. The molecule has 0 N–H and O–H groups in total. The zero-order valence-corrected chi connectivity index (χ0v) is 10.3. The summed E-state index contributed by atoms with van der Waals surface area (Å²) in [5, 5.41) is 6.63. The van der Waals surface area contributed by atoms with E-state index in [-0.39, 0.29) is 0 Å². The Morgan fingerprint density at radius 2 is 2.07 bits per heavy atom. The number of hydrogen-bond acceptors (Lipinski definition) is 1. The third-order valence-electron chi connectivity index (χ3n) is 2.63. The molecule has 0 aliphatic rings. The van der Waals surface area contributed by atoms with Crippen LogP contribution in [0.15, 0.2) is 17.8 Å². The molecular formula is C13H20N2. The summed E-state index contributed by atoms with van der Waals surface area (Å²) in [7, 11) is 1.98. The van der Waals surface area contributed by atoms with Gasteiger partial charge in [0.15, 0.2) is 0 Å². The monoisotopic (exact) mass is 204 g/mol. The maximum absolute atomic E-state index is 4.26. The fourth-order valence-electron chi connectivity index (χ4n) is 1.60. The molecular weight excluding hydrogens is 184 g/mol. The van der Waals surface area contributed by atoms with Gasteiger partial charge in [0.25, 0.3) is 0 Å². The highest BCUT2D eigenvalue weighted by atomic mass is 15.2. The van der Waals surface area contributed by atoms with Crippen LogP contribution in [0, 0.1) is 5.92 Å². The van der Waals surface area contributed by atoms with Crippen molar-refractivity contribution in [2.75, 3.05) is 0 Å². The maximum Gasteiger partial charge on any atom is 0.0678 e. The van der Waals surface area contributed by atoms with E-state index < -0.39 is 0 Å². The van der Waals surface area contributed by atoms with Crippen LogP contribution in [-0.2, 0) is 7.05 Å². The van der Waals surface area contributed by atoms with Gasteiger partial charge in [0, 0.05) is 12.3 Å². The Kier molecular flexibility index (Phi) is 3.89. The molecule has 15 heavy (non-hydrogen) atoms. The summed E-state index contributed by atoms with van der Waals surface area (Å²) < 4.78 is 1.92. The average molecular weight is 204 g/mol. The summed E-state index contributed by atoms with van der Waals surface area (Å²) in [5.41, 5.74) is 1.35. The van der Waals surface area contributed by atoms with Gasteiger partial charge in [0.1, 0.15) is 0 Å². The maximum atomic E-state index is 4.26. The van der Waals surface area contributed by atoms with E-state index in [1.165, 1.54) is 16.1 Å². The van der Waals surface area contributed by atoms with Crippen LogP contribution >= 0.6 is 0 Å². The molecule has 0 aliphatic heterocycles. The molecule has 0 aromatic carbocycles. The van der Waals surface area contributed by atoms with Crippen molar-refractivity contribution in [1.82, 2.24) is 9.78 Å². The summed E-state index contributed by atoms with van der Waals surface area (Å²) in [5.74, 6) is 0.551. The van der Waals surface area contributed by atoms with E-state index >= 15 is 0 Å². The molecule has 1 aromatic rings. The van der Waals surface area contributed by atoms with Gasteiger partial charge in [-0.1, -0.05) is 26.0 Å². The Morgan fingerprint density at radius 1 is 1.40 bits per heavy atom. The van der Waals surface area contributed by atoms with Crippen molar-refractivity contribution in [2.45, 2.75) is 27.7 Å². The molecule has 0 fully saturated rings. The molecule has 0 saturated heterocycles. The van der Waals surface area contributed by atoms with Crippen LogP contribution in [0.3, 0.4) is 0 Å². The van der Waals surface area contributed by atoms with Gasteiger partial charge in [-0.15, -0.1) is 0 Å². The van der Waals surface area contributed by atoms with E-state index in [2.05, 4.69) is 44.1 Å². The number of nitrogens with zero attached hydrogens (tertiary/aromatic N) is 2. The Bertz CT molecular complexity index is 461. The minimum absolute atomic E-state index is 0.551. The van der Waals surface area contributed by atoms with E-state index in [0.717, 1.165) is 0 Å². The number of aryl methyl sites for hydroxylation is 1. The fourth-order valence-corrected chi connectivity index (χ4v) is 1.60. The average Bonchev–Trinajstić information content (AvgIpc) is 2.55. The minimum Gasteiger partial charge on any atom is -0.268 e. The molecule has 0 saturated carbocycles. The summed E-state index contributed by atoms with van der Waals surface area (Å²) in [6, 6.07) is 0. The van der Waals surface area contributed by atoms with E-state index in [9.17, 15) is 0 Å². The summed E-state index contributed by atoms with van der Waals surface area (Å²) in [4.78, 5) is 0. The fraction of sp³-hybridized carbons (Fsp3) is 0.462. The molecule has 0 amide bonds. The largest absolute Gasteiger partial charge is 0.268 e. The van der Waals surface area contributed by atoms with Gasteiger partial charge in [-0.25, -0.2) is 0 Å². The Morgan fingerprint density at radius 3 is 2.53 bits per heavy atom. The third-order valence-corrected chi connectivity index (χ3v) is 2.63. The Labute approximate surface area is 91.6 Å². The first-order valence-electron chi connectivity index (χ1n) is 5.42. The van der Waals surface area contributed by atoms with Crippen LogP contribution in [-0.4, -0.2) is 9.78 Å². The predicted octanol–water partition coefficient (Wildman–Crippen LogP) is 1.60. The molecule has 0 bridgehead atoms. The van der Waals surface area contributed by atoms with E-state index in [0.29, 0.717) is 5.92 Å². The number of rotatable bonds is 2. The molecule has 0 spiro atoms. The van der Waals surface area contributed by atoms with Gasteiger partial charge in [-0.2, -0.15) is 5.10 Å². The lowest BCUT2D eigenvalue weighted by Gasteiger charge is -2.04. The molecule has 2 nitrogen and oxygen atoms in total. The van der Waals surface area contributed by atoms with Crippen molar-refractivity contribution >= 4 is 12.2 Å². The van der Waals surface area contributed by atoms with Gasteiger partial charge >= 0.3 is 0 Å². The topological polar surface area (TPSA) is 17.8 Å². The molecule has 0 aliphatic carbocycles. The van der Waals surface area contributed by atoms with Gasteiger partial charge in [-0.05, 0) is 31.4 Å². The van der Waals surface area contributed by atoms with Crippen LogP contribution in [0.1, 0.15) is 27.7 Å². The first-order valence-corrected chi connectivity index (χ1v) is 5.42. The molecule has 0 unspecified atom stereocenters. The van der Waals surface area contributed by atoms with Gasteiger partial charge < -0.3 is 0 Å². The van der Waals surface area contributed by atoms with Crippen molar-refractivity contribution in [1.29, 1.82) is 0 Å². The zero-order valence-electron chi connectivity index (χ0n) is 10.3. The van der Waals surface area contributed by atoms with Crippen LogP contribution in [0.5, 0.6) is 0 Å². The van der Waals surface area contributed by atoms with Crippen LogP contribution < -0.4 is 10.6 Å². The van der Waals surface area contributed by atoms with E-state index in [1.54, 1.807) is 0 Å². The van der Waals surface area contributed by atoms with Crippen molar-refractivity contribution in [3.05, 3.63) is 28.4 Å². The van der Waals surface area contributed by atoms with Gasteiger partial charge in [0.2, 0.25) is 0 Å². The quantitative estimate of drug-likeness (QED) is 0.715. The van der Waals surface area contributed by atoms with Crippen LogP contribution in [0.25, 0.3) is 12.2 Å². The second-order valence-corrected chi connectivity index (χ2v) is 3.99. The number of hydrogen-bond donors (Lipinski definition) is 0. The van der Waals surface area contributed by atoms with E-state index in [4.69, 9.17) is 0 Å². The first kappa shape index (κ1) is 11.8. The Balaban J connectivity index is 3.38. The predicted molar refractivity (Wildman–Crippen MR) is 65.7 cm³/mol. The van der Waals surface area contributed by atoms with Crippen molar-refractivity contribution in [3.63, 3.8) is 0 Å². The Hall–Kier alpha value is -1.31. The normalized spacial score (nSPS) is 15.5. The van der Waals surface area contributed by atoms with Crippen molar-refractivity contribution < 1.29 is 0 Å². The smallest absolute Gasteiger partial charge is 0.0678 e. The van der Waals surface area contributed by atoms with Crippen LogP contribution in [0.2, 0.25) is 0 Å². The second kappa shape index (κ2) is 4.96. The summed E-state index contributed by atoms with van der Waals surface area (Å²) >= 11 is 0. The minimum atomic E-state index is 0.551. The highest BCUT2D eigenvalue weighted by Gasteiger charge is 1.99. The van der Waals surface area contributed by atoms with Crippen LogP contribution in [0.4, 0.5) is 0 Å². The highest BCUT2D eigenvalue weighted by molar-refractivity contribution is 5.46. The lowest BCUT2D eigenvalue weighted by Crippen LogP contribution is -2.28. The first-order chi connectivity index (χ1) is 7.10. The van der Waals surface area contributed by atoms with E-state index in [1.807, 2.05) is 24.9 Å². The lowest BCUT2D eigenvalue weighted by atomic mass is 10.0. The molecule has 1 heterocycles. The van der Waals surface area contributed by atoms with Gasteiger partial charge in [0.05, 0.1) is 11.5 Å².